The van der Waals surface area contributed by atoms with Crippen LogP contribution >= 0.6 is 0 Å². The van der Waals surface area contributed by atoms with Gasteiger partial charge >= 0.3 is 0 Å². The molecule has 130 valence electrons. The molecule has 0 saturated carbocycles. The molecule has 0 aliphatic carbocycles. The summed E-state index contributed by atoms with van der Waals surface area (Å²) in [6.07, 6.45) is 1.60. The molecule has 0 unspecified atom stereocenters. The number of ketones is 1. The third-order valence-electron chi connectivity index (χ3n) is 4.93. The minimum atomic E-state index is -0.201. The molecular weight excluding hydrogens is 312 g/mol. The van der Waals surface area contributed by atoms with Crippen molar-refractivity contribution >= 4 is 17.4 Å². The van der Waals surface area contributed by atoms with Crippen LogP contribution in [0.2, 0.25) is 0 Å². The van der Waals surface area contributed by atoms with E-state index in [4.69, 9.17) is 0 Å². The summed E-state index contributed by atoms with van der Waals surface area (Å²) >= 11 is 0. The van der Waals surface area contributed by atoms with Crippen molar-refractivity contribution in [2.75, 3.05) is 18.4 Å². The SMILES string of the molecule is C[C@H](C(=O)Nc1ccccc1)N1CCC(C(=O)c2ccccc2)CC1. The Morgan fingerprint density at radius 2 is 1.52 bits per heavy atom. The van der Waals surface area contributed by atoms with E-state index in [0.717, 1.165) is 37.2 Å². The summed E-state index contributed by atoms with van der Waals surface area (Å²) in [4.78, 5) is 27.1. The molecule has 1 heterocycles. The Hall–Kier alpha value is -2.46. The van der Waals surface area contributed by atoms with Gasteiger partial charge in [-0.15, -0.1) is 0 Å². The number of para-hydroxylation sites is 1. The highest BCUT2D eigenvalue weighted by molar-refractivity contribution is 5.98. The normalized spacial score (nSPS) is 17.0. The van der Waals surface area contributed by atoms with Gasteiger partial charge in [-0.05, 0) is 45.0 Å². The van der Waals surface area contributed by atoms with Crippen LogP contribution in [-0.2, 0) is 4.79 Å². The maximum absolute atomic E-state index is 12.6. The van der Waals surface area contributed by atoms with Crippen LogP contribution in [0.15, 0.2) is 60.7 Å². The molecular formula is C21H24N2O2. The zero-order valence-corrected chi connectivity index (χ0v) is 14.5. The third kappa shape index (κ3) is 4.34. The number of nitrogens with one attached hydrogen (secondary N) is 1. The second-order valence-electron chi connectivity index (χ2n) is 6.57. The van der Waals surface area contributed by atoms with Crippen molar-refractivity contribution in [2.24, 2.45) is 5.92 Å². The zero-order valence-electron chi connectivity index (χ0n) is 14.5. The Kier molecular flexibility index (Phi) is 5.61. The largest absolute Gasteiger partial charge is 0.325 e. The smallest absolute Gasteiger partial charge is 0.241 e. The summed E-state index contributed by atoms with van der Waals surface area (Å²) in [5.41, 5.74) is 1.60. The maximum Gasteiger partial charge on any atom is 0.241 e. The van der Waals surface area contributed by atoms with Gasteiger partial charge in [-0.2, -0.15) is 0 Å². The van der Waals surface area contributed by atoms with Gasteiger partial charge in [0.05, 0.1) is 6.04 Å². The molecule has 1 N–H and O–H groups in total. The number of rotatable bonds is 5. The minimum Gasteiger partial charge on any atom is -0.325 e. The topological polar surface area (TPSA) is 49.4 Å². The molecule has 1 aliphatic rings. The Balaban J connectivity index is 1.53. The van der Waals surface area contributed by atoms with Gasteiger partial charge in [0, 0.05) is 17.2 Å². The zero-order chi connectivity index (χ0) is 17.6. The fourth-order valence-electron chi connectivity index (χ4n) is 3.32. The molecule has 0 bridgehead atoms. The number of carbonyl (C=O) groups excluding carboxylic acids is 2. The molecule has 1 atom stereocenters. The average Bonchev–Trinajstić information content (AvgIpc) is 2.68. The van der Waals surface area contributed by atoms with E-state index in [2.05, 4.69) is 10.2 Å². The second-order valence-corrected chi connectivity index (χ2v) is 6.57. The lowest BCUT2D eigenvalue weighted by Gasteiger charge is -2.34. The molecule has 4 nitrogen and oxygen atoms in total. The number of carbonyl (C=O) groups is 2. The van der Waals surface area contributed by atoms with Crippen LogP contribution in [0.25, 0.3) is 0 Å². The molecule has 2 aromatic rings. The number of hydrogen-bond acceptors (Lipinski definition) is 3. The van der Waals surface area contributed by atoms with Gasteiger partial charge in [0.25, 0.3) is 0 Å². The Morgan fingerprint density at radius 3 is 2.12 bits per heavy atom. The molecule has 1 aliphatic heterocycles. The van der Waals surface area contributed by atoms with E-state index in [1.54, 1.807) is 0 Å². The summed E-state index contributed by atoms with van der Waals surface area (Å²) in [5, 5.41) is 2.95. The monoisotopic (exact) mass is 336 g/mol. The van der Waals surface area contributed by atoms with Gasteiger partial charge in [0.1, 0.15) is 0 Å². The Bertz CT molecular complexity index is 707. The van der Waals surface area contributed by atoms with Gasteiger partial charge in [0.15, 0.2) is 5.78 Å². The van der Waals surface area contributed by atoms with Gasteiger partial charge in [0.2, 0.25) is 5.91 Å². The van der Waals surface area contributed by atoms with Gasteiger partial charge in [-0.25, -0.2) is 0 Å². The number of Topliss-reactive ketones (excluding diaryl/α,β-unsaturated/α-hetero) is 1. The number of amides is 1. The lowest BCUT2D eigenvalue weighted by Crippen LogP contribution is -2.47. The standard InChI is InChI=1S/C21H24N2O2/c1-16(21(25)22-19-10-6-3-7-11-19)23-14-12-18(13-15-23)20(24)17-8-4-2-5-9-17/h2-11,16,18H,12-15H2,1H3,(H,22,25)/t16-/m1/s1. The van der Waals surface area contributed by atoms with E-state index in [0.29, 0.717) is 0 Å². The molecule has 1 saturated heterocycles. The molecule has 0 radical (unpaired) electrons. The summed E-state index contributed by atoms with van der Waals surface area (Å²) in [7, 11) is 0. The van der Waals surface area contributed by atoms with Crippen LogP contribution in [-0.4, -0.2) is 35.7 Å². The molecule has 0 aromatic heterocycles. The number of piperidine rings is 1. The lowest BCUT2D eigenvalue weighted by atomic mass is 9.88. The number of benzene rings is 2. The maximum atomic E-state index is 12.6. The van der Waals surface area contributed by atoms with Crippen molar-refractivity contribution in [3.63, 3.8) is 0 Å². The van der Waals surface area contributed by atoms with E-state index >= 15 is 0 Å². The molecule has 2 aromatic carbocycles. The van der Waals surface area contributed by atoms with E-state index in [1.165, 1.54) is 0 Å². The predicted octanol–water partition coefficient (Wildman–Crippen LogP) is 3.61. The summed E-state index contributed by atoms with van der Waals surface area (Å²) in [6.45, 7) is 3.47. The van der Waals surface area contributed by atoms with Crippen LogP contribution in [0.4, 0.5) is 5.69 Å². The van der Waals surface area contributed by atoms with Crippen molar-refractivity contribution in [1.29, 1.82) is 0 Å². The highest BCUT2D eigenvalue weighted by Crippen LogP contribution is 2.23. The number of anilines is 1. The van der Waals surface area contributed by atoms with Gasteiger partial charge in [-0.3, -0.25) is 14.5 Å². The van der Waals surface area contributed by atoms with E-state index in [-0.39, 0.29) is 23.7 Å². The third-order valence-corrected chi connectivity index (χ3v) is 4.93. The van der Waals surface area contributed by atoms with Crippen molar-refractivity contribution in [3.05, 3.63) is 66.2 Å². The molecule has 1 fully saturated rings. The predicted molar refractivity (Wildman–Crippen MR) is 99.6 cm³/mol. The Morgan fingerprint density at radius 1 is 0.960 bits per heavy atom. The number of likely N-dealkylation sites (tertiary alicyclic amines) is 1. The summed E-state index contributed by atoms with van der Waals surface area (Å²) < 4.78 is 0. The number of nitrogens with zero attached hydrogens (tertiary/aromatic N) is 1. The van der Waals surface area contributed by atoms with Crippen LogP contribution in [0.5, 0.6) is 0 Å². The molecule has 0 spiro atoms. The average molecular weight is 336 g/mol. The highest BCUT2D eigenvalue weighted by atomic mass is 16.2. The molecule has 1 amide bonds. The fraction of sp³-hybridized carbons (Fsp3) is 0.333. The fourth-order valence-corrected chi connectivity index (χ4v) is 3.32. The van der Waals surface area contributed by atoms with E-state index in [9.17, 15) is 9.59 Å². The molecule has 3 rings (SSSR count). The Labute approximate surface area is 148 Å². The van der Waals surface area contributed by atoms with E-state index < -0.39 is 0 Å². The van der Waals surface area contributed by atoms with Crippen LogP contribution in [0.3, 0.4) is 0 Å². The first-order chi connectivity index (χ1) is 12.1. The van der Waals surface area contributed by atoms with E-state index in [1.807, 2.05) is 67.6 Å². The highest BCUT2D eigenvalue weighted by Gasteiger charge is 2.30. The van der Waals surface area contributed by atoms with Crippen LogP contribution < -0.4 is 5.32 Å². The second kappa shape index (κ2) is 8.08. The molecule has 25 heavy (non-hydrogen) atoms. The lowest BCUT2D eigenvalue weighted by molar-refractivity contribution is -0.121. The minimum absolute atomic E-state index is 0.000893. The summed E-state index contributed by atoms with van der Waals surface area (Å²) in [6, 6.07) is 18.8. The first-order valence-corrected chi connectivity index (χ1v) is 8.84. The summed E-state index contributed by atoms with van der Waals surface area (Å²) in [5.74, 6) is 0.281. The van der Waals surface area contributed by atoms with Crippen LogP contribution in [0.1, 0.15) is 30.1 Å². The van der Waals surface area contributed by atoms with Crippen molar-refractivity contribution in [2.45, 2.75) is 25.8 Å². The van der Waals surface area contributed by atoms with Crippen molar-refractivity contribution in [3.8, 4) is 0 Å². The van der Waals surface area contributed by atoms with Crippen LogP contribution in [0, 0.1) is 5.92 Å². The molecule has 4 heteroatoms. The first kappa shape index (κ1) is 17.4. The van der Waals surface area contributed by atoms with Crippen molar-refractivity contribution < 1.29 is 9.59 Å². The van der Waals surface area contributed by atoms with Gasteiger partial charge < -0.3 is 5.32 Å². The van der Waals surface area contributed by atoms with Crippen molar-refractivity contribution in [1.82, 2.24) is 4.90 Å². The first-order valence-electron chi connectivity index (χ1n) is 8.84. The quantitative estimate of drug-likeness (QED) is 0.849. The number of hydrogen-bond donors (Lipinski definition) is 1. The van der Waals surface area contributed by atoms with Gasteiger partial charge in [-0.1, -0.05) is 48.5 Å².